The zero-order chi connectivity index (χ0) is 16.0. The molecule has 1 aromatic heterocycles. The molecule has 3 fully saturated rings. The van der Waals surface area contributed by atoms with E-state index in [0.29, 0.717) is 18.2 Å². The van der Waals surface area contributed by atoms with Gasteiger partial charge in [-0.25, -0.2) is 9.78 Å². The molecule has 1 aliphatic carbocycles. The van der Waals surface area contributed by atoms with E-state index < -0.39 is 12.0 Å². The maximum absolute atomic E-state index is 12.8. The molecule has 0 spiro atoms. The Balaban J connectivity index is 1.55. The minimum absolute atomic E-state index is 0.00483. The van der Waals surface area contributed by atoms with E-state index in [-0.39, 0.29) is 17.9 Å². The number of hydrogen-bond acceptors (Lipinski definition) is 5. The molecule has 7 heteroatoms. The van der Waals surface area contributed by atoms with Gasteiger partial charge in [-0.3, -0.25) is 4.79 Å². The molecule has 2 aliphatic heterocycles. The summed E-state index contributed by atoms with van der Waals surface area (Å²) in [5, 5.41) is 12.1. The highest BCUT2D eigenvalue weighted by molar-refractivity contribution is 7.09. The lowest BCUT2D eigenvalue weighted by Gasteiger charge is -2.23. The average molecular weight is 336 g/mol. The number of nitrogens with zero attached hydrogens (tertiary/aromatic N) is 2. The first kappa shape index (κ1) is 15.1. The standard InChI is InChI=1S/C16H20N2O4S/c19-15(11-8-23-14(17-11)12-5-2-6-22-12)18-7-9-3-1-4-10(9)13(18)16(20)21/h8-10,12-13H,1-7H2,(H,20,21)/t9-,10+,12-,13-/m0/s1. The Hall–Kier alpha value is -1.47. The second-order valence-electron chi connectivity index (χ2n) is 6.67. The number of thiazole rings is 1. The van der Waals surface area contributed by atoms with Crippen LogP contribution in [-0.4, -0.2) is 46.1 Å². The van der Waals surface area contributed by atoms with Gasteiger partial charge in [0.1, 0.15) is 22.8 Å². The SMILES string of the molecule is O=C(O)[C@@H]1[C@@H]2CCC[C@H]2CN1C(=O)c1csc([C@@H]2CCCO2)n1. The van der Waals surface area contributed by atoms with Crippen molar-refractivity contribution in [1.29, 1.82) is 0 Å². The van der Waals surface area contributed by atoms with Crippen LogP contribution in [0.4, 0.5) is 0 Å². The fourth-order valence-electron chi connectivity index (χ4n) is 4.28. The first-order valence-corrected chi connectivity index (χ1v) is 9.14. The predicted molar refractivity (Wildman–Crippen MR) is 83.3 cm³/mol. The van der Waals surface area contributed by atoms with Crippen LogP contribution in [0.25, 0.3) is 0 Å². The van der Waals surface area contributed by atoms with Gasteiger partial charge in [0.05, 0.1) is 0 Å². The number of fused-ring (bicyclic) bond motifs is 1. The van der Waals surface area contributed by atoms with Crippen LogP contribution < -0.4 is 0 Å². The largest absolute Gasteiger partial charge is 0.480 e. The molecule has 0 radical (unpaired) electrons. The molecule has 4 rings (SSSR count). The number of carbonyl (C=O) groups is 2. The van der Waals surface area contributed by atoms with Crippen LogP contribution in [0.2, 0.25) is 0 Å². The first-order valence-electron chi connectivity index (χ1n) is 8.26. The molecule has 1 amide bonds. The van der Waals surface area contributed by atoms with Crippen LogP contribution in [0.15, 0.2) is 5.38 Å². The monoisotopic (exact) mass is 336 g/mol. The summed E-state index contributed by atoms with van der Waals surface area (Å²) in [6.07, 6.45) is 4.95. The van der Waals surface area contributed by atoms with E-state index in [9.17, 15) is 14.7 Å². The second-order valence-corrected chi connectivity index (χ2v) is 7.56. The van der Waals surface area contributed by atoms with Gasteiger partial charge in [0.15, 0.2) is 0 Å². The minimum atomic E-state index is -0.887. The zero-order valence-corrected chi connectivity index (χ0v) is 13.6. The van der Waals surface area contributed by atoms with Gasteiger partial charge in [0, 0.05) is 18.5 Å². The number of carboxylic acid groups (broad SMARTS) is 1. The van der Waals surface area contributed by atoms with E-state index in [1.165, 1.54) is 16.2 Å². The number of amides is 1. The smallest absolute Gasteiger partial charge is 0.326 e. The van der Waals surface area contributed by atoms with Crippen molar-refractivity contribution < 1.29 is 19.4 Å². The number of aromatic nitrogens is 1. The number of carboxylic acids is 1. The fraction of sp³-hybridized carbons (Fsp3) is 0.688. The fourth-order valence-corrected chi connectivity index (χ4v) is 5.16. The van der Waals surface area contributed by atoms with E-state index in [0.717, 1.165) is 43.7 Å². The second kappa shape index (κ2) is 5.87. The van der Waals surface area contributed by atoms with Crippen LogP contribution in [0.3, 0.4) is 0 Å². The summed E-state index contributed by atoms with van der Waals surface area (Å²) in [4.78, 5) is 30.4. The maximum Gasteiger partial charge on any atom is 0.326 e. The number of aliphatic carboxylic acids is 1. The lowest BCUT2D eigenvalue weighted by atomic mass is 9.94. The summed E-state index contributed by atoms with van der Waals surface area (Å²) in [6.45, 7) is 1.29. The summed E-state index contributed by atoms with van der Waals surface area (Å²) in [5.74, 6) is -0.696. The Morgan fingerprint density at radius 2 is 2.17 bits per heavy atom. The van der Waals surface area contributed by atoms with Crippen molar-refractivity contribution in [3.05, 3.63) is 16.1 Å². The highest BCUT2D eigenvalue weighted by atomic mass is 32.1. The third-order valence-electron chi connectivity index (χ3n) is 5.35. The number of likely N-dealkylation sites (tertiary alicyclic amines) is 1. The lowest BCUT2D eigenvalue weighted by Crippen LogP contribution is -2.43. The van der Waals surface area contributed by atoms with E-state index in [4.69, 9.17) is 4.74 Å². The number of carbonyl (C=O) groups excluding carboxylic acids is 1. The van der Waals surface area contributed by atoms with Crippen molar-refractivity contribution in [1.82, 2.24) is 9.88 Å². The van der Waals surface area contributed by atoms with Gasteiger partial charge >= 0.3 is 5.97 Å². The topological polar surface area (TPSA) is 79.7 Å². The third kappa shape index (κ3) is 2.55. The van der Waals surface area contributed by atoms with Gasteiger partial charge in [-0.05, 0) is 37.5 Å². The zero-order valence-electron chi connectivity index (χ0n) is 12.8. The molecule has 3 heterocycles. The van der Waals surface area contributed by atoms with Crippen LogP contribution in [0.5, 0.6) is 0 Å². The van der Waals surface area contributed by atoms with Gasteiger partial charge in [-0.2, -0.15) is 0 Å². The molecule has 1 saturated carbocycles. The van der Waals surface area contributed by atoms with Gasteiger partial charge in [0.25, 0.3) is 5.91 Å². The van der Waals surface area contributed by atoms with Crippen LogP contribution in [0.1, 0.15) is 53.7 Å². The summed E-state index contributed by atoms with van der Waals surface area (Å²) in [5.41, 5.74) is 0.367. The Labute approximate surface area is 138 Å². The van der Waals surface area contributed by atoms with Gasteiger partial charge in [-0.15, -0.1) is 11.3 Å². The molecule has 2 saturated heterocycles. The predicted octanol–water partition coefficient (Wildman–Crippen LogP) is 2.32. The van der Waals surface area contributed by atoms with E-state index >= 15 is 0 Å². The molecule has 0 aromatic carbocycles. The molecule has 0 bridgehead atoms. The summed E-state index contributed by atoms with van der Waals surface area (Å²) < 4.78 is 5.61. The molecule has 1 N–H and O–H groups in total. The molecule has 1 aromatic rings. The molecular weight excluding hydrogens is 316 g/mol. The average Bonchev–Trinajstić information content (AvgIpc) is 3.26. The first-order chi connectivity index (χ1) is 11.1. The van der Waals surface area contributed by atoms with Crippen LogP contribution >= 0.6 is 11.3 Å². The molecule has 124 valence electrons. The highest BCUT2D eigenvalue weighted by Gasteiger charge is 2.50. The van der Waals surface area contributed by atoms with Crippen molar-refractivity contribution in [2.45, 2.75) is 44.2 Å². The van der Waals surface area contributed by atoms with Gasteiger partial charge in [-0.1, -0.05) is 6.42 Å². The Bertz CT molecular complexity index is 625. The van der Waals surface area contributed by atoms with E-state index in [2.05, 4.69) is 4.98 Å². The summed E-state index contributed by atoms with van der Waals surface area (Å²) >= 11 is 1.43. The lowest BCUT2D eigenvalue weighted by molar-refractivity contribution is -0.142. The van der Waals surface area contributed by atoms with Crippen molar-refractivity contribution >= 4 is 23.2 Å². The quantitative estimate of drug-likeness (QED) is 0.916. The van der Waals surface area contributed by atoms with Gasteiger partial charge < -0.3 is 14.7 Å². The van der Waals surface area contributed by atoms with Crippen molar-refractivity contribution in [2.75, 3.05) is 13.2 Å². The minimum Gasteiger partial charge on any atom is -0.480 e. The number of ether oxygens (including phenoxy) is 1. The number of rotatable bonds is 3. The summed E-state index contributed by atoms with van der Waals surface area (Å²) in [6, 6.07) is -0.692. The molecular formula is C16H20N2O4S. The molecule has 0 unspecified atom stereocenters. The van der Waals surface area contributed by atoms with Crippen molar-refractivity contribution in [3.8, 4) is 0 Å². The molecule has 4 atom stereocenters. The van der Waals surface area contributed by atoms with E-state index in [1.54, 1.807) is 5.38 Å². The van der Waals surface area contributed by atoms with Gasteiger partial charge in [0.2, 0.25) is 0 Å². The van der Waals surface area contributed by atoms with Crippen molar-refractivity contribution in [3.63, 3.8) is 0 Å². The van der Waals surface area contributed by atoms with E-state index in [1.807, 2.05) is 0 Å². The maximum atomic E-state index is 12.8. The summed E-state index contributed by atoms with van der Waals surface area (Å²) in [7, 11) is 0. The Morgan fingerprint density at radius 3 is 2.91 bits per heavy atom. The Kier molecular flexibility index (Phi) is 3.85. The third-order valence-corrected chi connectivity index (χ3v) is 6.29. The normalized spacial score (nSPS) is 33.1. The number of hydrogen-bond donors (Lipinski definition) is 1. The molecule has 6 nitrogen and oxygen atoms in total. The highest BCUT2D eigenvalue weighted by Crippen LogP contribution is 2.43. The molecule has 23 heavy (non-hydrogen) atoms. The van der Waals surface area contributed by atoms with Crippen molar-refractivity contribution in [2.24, 2.45) is 11.8 Å². The Morgan fingerprint density at radius 1 is 1.30 bits per heavy atom. The molecule has 3 aliphatic rings. The van der Waals surface area contributed by atoms with Crippen LogP contribution in [0, 0.1) is 11.8 Å². The van der Waals surface area contributed by atoms with Crippen LogP contribution in [-0.2, 0) is 9.53 Å².